The molecule has 1 aliphatic heterocycles. The molecule has 29 heavy (non-hydrogen) atoms. The highest BCUT2D eigenvalue weighted by Gasteiger charge is 2.29. The van der Waals surface area contributed by atoms with Gasteiger partial charge in [-0.2, -0.15) is 4.31 Å². The van der Waals surface area contributed by atoms with Gasteiger partial charge in [-0.1, -0.05) is 29.4 Å². The number of piperidine rings is 1. The van der Waals surface area contributed by atoms with E-state index >= 15 is 0 Å². The van der Waals surface area contributed by atoms with Crippen molar-refractivity contribution in [2.24, 2.45) is 0 Å². The molecule has 1 aromatic carbocycles. The number of thiazole rings is 1. The number of aryl methyl sites for hydroxylation is 1. The van der Waals surface area contributed by atoms with Crippen molar-refractivity contribution in [3.05, 3.63) is 39.4 Å². The number of rotatable bonds is 5. The molecular formula is C18H20ClN3O5S2. The molecule has 0 radical (unpaired) electrons. The number of methoxy groups -OCH3 is 1. The third kappa shape index (κ3) is 4.61. The van der Waals surface area contributed by atoms with E-state index in [0.29, 0.717) is 18.8 Å². The summed E-state index contributed by atoms with van der Waals surface area (Å²) in [4.78, 5) is 28.7. The van der Waals surface area contributed by atoms with Crippen molar-refractivity contribution in [2.75, 3.05) is 25.5 Å². The number of sulfonamides is 1. The largest absolute Gasteiger partial charge is 0.465 e. The molecule has 1 fully saturated rings. The lowest BCUT2D eigenvalue weighted by molar-refractivity contribution is 0.0605. The summed E-state index contributed by atoms with van der Waals surface area (Å²) in [6.45, 7) is 2.50. The molecule has 1 aliphatic rings. The molecule has 1 saturated heterocycles. The Balaban J connectivity index is 1.85. The van der Waals surface area contributed by atoms with Crippen LogP contribution in [0.3, 0.4) is 0 Å². The first-order chi connectivity index (χ1) is 13.7. The lowest BCUT2D eigenvalue weighted by Crippen LogP contribution is -2.35. The fraction of sp³-hybridized carbons (Fsp3) is 0.389. The number of hydrogen-bond acceptors (Lipinski definition) is 7. The molecule has 0 atom stereocenters. The van der Waals surface area contributed by atoms with Crippen molar-refractivity contribution in [3.8, 4) is 0 Å². The summed E-state index contributed by atoms with van der Waals surface area (Å²) in [5, 5.41) is 2.86. The average molecular weight is 458 g/mol. The molecule has 0 saturated carbocycles. The third-order valence-corrected chi connectivity index (χ3v) is 7.95. The third-order valence-electron chi connectivity index (χ3n) is 4.51. The Morgan fingerprint density at radius 1 is 1.24 bits per heavy atom. The second kappa shape index (κ2) is 8.78. The number of carbonyl (C=O) groups is 2. The summed E-state index contributed by atoms with van der Waals surface area (Å²) < 4.78 is 32.0. The summed E-state index contributed by atoms with van der Waals surface area (Å²) in [7, 11) is -2.53. The molecule has 1 amide bonds. The van der Waals surface area contributed by atoms with Crippen LogP contribution in [0.4, 0.5) is 5.13 Å². The molecule has 1 N–H and O–H groups in total. The molecule has 0 spiro atoms. The van der Waals surface area contributed by atoms with Gasteiger partial charge in [-0.3, -0.25) is 10.1 Å². The maximum Gasteiger partial charge on any atom is 0.350 e. The van der Waals surface area contributed by atoms with Crippen LogP contribution in [-0.4, -0.2) is 49.8 Å². The number of hydrogen-bond donors (Lipinski definition) is 1. The summed E-state index contributed by atoms with van der Waals surface area (Å²) in [6.07, 6.45) is 2.58. The number of nitrogens with one attached hydrogen (secondary N) is 1. The highest BCUT2D eigenvalue weighted by molar-refractivity contribution is 7.89. The van der Waals surface area contributed by atoms with Crippen LogP contribution in [0, 0.1) is 6.92 Å². The number of aromatic nitrogens is 1. The van der Waals surface area contributed by atoms with Gasteiger partial charge in [-0.25, -0.2) is 18.2 Å². The second-order valence-electron chi connectivity index (χ2n) is 6.49. The highest BCUT2D eigenvalue weighted by atomic mass is 35.5. The lowest BCUT2D eigenvalue weighted by atomic mass is 10.2. The Morgan fingerprint density at radius 3 is 2.59 bits per heavy atom. The van der Waals surface area contributed by atoms with E-state index < -0.39 is 21.9 Å². The molecule has 156 valence electrons. The van der Waals surface area contributed by atoms with Gasteiger partial charge in [-0.15, -0.1) is 0 Å². The van der Waals surface area contributed by atoms with E-state index in [9.17, 15) is 18.0 Å². The maximum atomic E-state index is 12.9. The Morgan fingerprint density at radius 2 is 1.93 bits per heavy atom. The van der Waals surface area contributed by atoms with Crippen molar-refractivity contribution >= 4 is 50.0 Å². The summed E-state index contributed by atoms with van der Waals surface area (Å²) >= 11 is 7.12. The van der Waals surface area contributed by atoms with Crippen LogP contribution >= 0.6 is 22.9 Å². The first-order valence-electron chi connectivity index (χ1n) is 8.91. The Hall–Kier alpha value is -2.01. The predicted octanol–water partition coefficient (Wildman–Crippen LogP) is 3.32. The fourth-order valence-corrected chi connectivity index (χ4v) is 5.89. The molecule has 0 unspecified atom stereocenters. The Kier molecular flexibility index (Phi) is 6.57. The van der Waals surface area contributed by atoms with Gasteiger partial charge in [0.25, 0.3) is 5.91 Å². The fourth-order valence-electron chi connectivity index (χ4n) is 2.99. The van der Waals surface area contributed by atoms with Crippen molar-refractivity contribution in [1.82, 2.24) is 9.29 Å². The smallest absolute Gasteiger partial charge is 0.350 e. The molecule has 0 bridgehead atoms. The number of esters is 1. The van der Waals surface area contributed by atoms with E-state index in [-0.39, 0.29) is 25.5 Å². The number of carbonyl (C=O) groups excluding carboxylic acids is 2. The number of anilines is 1. The zero-order valence-electron chi connectivity index (χ0n) is 15.9. The maximum absolute atomic E-state index is 12.9. The molecule has 0 aliphatic carbocycles. The Labute approximate surface area is 177 Å². The summed E-state index contributed by atoms with van der Waals surface area (Å²) in [6, 6.07) is 4.10. The van der Waals surface area contributed by atoms with Gasteiger partial charge < -0.3 is 4.74 Å². The number of amides is 1. The lowest BCUT2D eigenvalue weighted by Gasteiger charge is -2.26. The molecule has 8 nitrogen and oxygen atoms in total. The van der Waals surface area contributed by atoms with E-state index in [2.05, 4.69) is 15.0 Å². The van der Waals surface area contributed by atoms with Gasteiger partial charge in [-0.05, 0) is 38.0 Å². The van der Waals surface area contributed by atoms with Crippen LogP contribution in [0.2, 0.25) is 5.02 Å². The number of benzene rings is 1. The van der Waals surface area contributed by atoms with E-state index in [0.717, 1.165) is 30.6 Å². The summed E-state index contributed by atoms with van der Waals surface area (Å²) in [5.74, 6) is -1.09. The number of ether oxygens (including phenoxy) is 1. The SMILES string of the molecule is COC(=O)c1sc(NC(=O)c2ccc(Cl)c(S(=O)(=O)N3CCCCC3)c2)nc1C. The van der Waals surface area contributed by atoms with Crippen LogP contribution in [0.15, 0.2) is 23.1 Å². The van der Waals surface area contributed by atoms with E-state index in [4.69, 9.17) is 11.6 Å². The minimum Gasteiger partial charge on any atom is -0.465 e. The van der Waals surface area contributed by atoms with Gasteiger partial charge in [0.2, 0.25) is 10.0 Å². The van der Waals surface area contributed by atoms with Crippen LogP contribution < -0.4 is 5.32 Å². The monoisotopic (exact) mass is 457 g/mol. The van der Waals surface area contributed by atoms with Crippen molar-refractivity contribution in [3.63, 3.8) is 0 Å². The van der Waals surface area contributed by atoms with E-state index in [1.54, 1.807) is 6.92 Å². The molecule has 2 aromatic rings. The predicted molar refractivity (Wildman–Crippen MR) is 110 cm³/mol. The Bertz CT molecular complexity index is 1050. The summed E-state index contributed by atoms with van der Waals surface area (Å²) in [5.41, 5.74) is 0.555. The molecule has 2 heterocycles. The molecular weight excluding hydrogens is 438 g/mol. The molecule has 1 aromatic heterocycles. The van der Waals surface area contributed by atoms with Gasteiger partial charge >= 0.3 is 5.97 Å². The first-order valence-corrected chi connectivity index (χ1v) is 11.5. The molecule has 3 rings (SSSR count). The van der Waals surface area contributed by atoms with Crippen molar-refractivity contribution in [2.45, 2.75) is 31.1 Å². The van der Waals surface area contributed by atoms with E-state index in [1.165, 1.54) is 29.6 Å². The van der Waals surface area contributed by atoms with Crippen LogP contribution in [0.25, 0.3) is 0 Å². The highest BCUT2D eigenvalue weighted by Crippen LogP contribution is 2.29. The minimum atomic E-state index is -3.79. The average Bonchev–Trinajstić information content (AvgIpc) is 3.08. The minimum absolute atomic E-state index is 0.0604. The number of halogens is 1. The van der Waals surface area contributed by atoms with Crippen molar-refractivity contribution in [1.29, 1.82) is 0 Å². The second-order valence-corrected chi connectivity index (χ2v) is 9.80. The first kappa shape index (κ1) is 21.7. The normalized spacial score (nSPS) is 15.1. The zero-order valence-corrected chi connectivity index (χ0v) is 18.3. The zero-order chi connectivity index (χ0) is 21.2. The van der Waals surface area contributed by atoms with Gasteiger partial charge in [0.15, 0.2) is 5.13 Å². The molecule has 11 heteroatoms. The van der Waals surface area contributed by atoms with Crippen LogP contribution in [0.5, 0.6) is 0 Å². The van der Waals surface area contributed by atoms with E-state index in [1.807, 2.05) is 0 Å². The van der Waals surface area contributed by atoms with Gasteiger partial charge in [0.1, 0.15) is 9.77 Å². The van der Waals surface area contributed by atoms with Gasteiger partial charge in [0, 0.05) is 18.7 Å². The van der Waals surface area contributed by atoms with Crippen molar-refractivity contribution < 1.29 is 22.7 Å². The van der Waals surface area contributed by atoms with Crippen LogP contribution in [0.1, 0.15) is 45.0 Å². The topological polar surface area (TPSA) is 106 Å². The quantitative estimate of drug-likeness (QED) is 0.690. The standard InChI is InChI=1S/C18H20ClN3O5S2/c1-11-15(17(24)27-2)28-18(20-11)21-16(23)12-6-7-13(19)14(10-12)29(25,26)22-8-4-3-5-9-22/h6-7,10H,3-5,8-9H2,1-2H3,(H,20,21,23). The van der Waals surface area contributed by atoms with Crippen LogP contribution in [-0.2, 0) is 14.8 Å². The number of nitrogens with zero attached hydrogens (tertiary/aromatic N) is 2. The van der Waals surface area contributed by atoms with Gasteiger partial charge in [0.05, 0.1) is 17.8 Å².